The van der Waals surface area contributed by atoms with Crippen molar-refractivity contribution in [2.45, 2.75) is 6.92 Å². The van der Waals surface area contributed by atoms with E-state index < -0.39 is 0 Å². The molecule has 0 bridgehead atoms. The van der Waals surface area contributed by atoms with Crippen molar-refractivity contribution in [3.8, 4) is 11.3 Å². The van der Waals surface area contributed by atoms with Gasteiger partial charge in [-0.25, -0.2) is 9.97 Å². The second-order valence-electron chi connectivity index (χ2n) is 5.55. The van der Waals surface area contributed by atoms with Crippen molar-refractivity contribution >= 4 is 33.3 Å². The summed E-state index contributed by atoms with van der Waals surface area (Å²) in [6.45, 7) is 1.94. The molecule has 0 saturated heterocycles. The number of carbonyl (C=O) groups is 1. The number of hydrogen-bond acceptors (Lipinski definition) is 5. The molecule has 0 aliphatic carbocycles. The highest BCUT2D eigenvalue weighted by atomic mass is 32.1. The van der Waals surface area contributed by atoms with Crippen molar-refractivity contribution in [2.24, 2.45) is 0 Å². The number of anilines is 1. The van der Waals surface area contributed by atoms with Crippen molar-refractivity contribution in [1.29, 1.82) is 0 Å². The van der Waals surface area contributed by atoms with Gasteiger partial charge in [-0.15, -0.1) is 11.3 Å². The summed E-state index contributed by atoms with van der Waals surface area (Å²) in [6.07, 6.45) is 3.42. The van der Waals surface area contributed by atoms with Crippen LogP contribution in [0, 0.1) is 6.92 Å². The molecule has 0 radical (unpaired) electrons. The van der Waals surface area contributed by atoms with Gasteiger partial charge < -0.3 is 0 Å². The molecule has 3 heterocycles. The molecule has 0 atom stereocenters. The number of rotatable bonds is 3. The van der Waals surface area contributed by atoms with Gasteiger partial charge in [-0.3, -0.25) is 15.1 Å². The van der Waals surface area contributed by atoms with Crippen molar-refractivity contribution in [1.82, 2.24) is 15.0 Å². The van der Waals surface area contributed by atoms with Gasteiger partial charge in [-0.1, -0.05) is 18.2 Å². The first-order valence-corrected chi connectivity index (χ1v) is 8.62. The summed E-state index contributed by atoms with van der Waals surface area (Å²) in [5.74, 6) is -0.212. The third kappa shape index (κ3) is 3.12. The zero-order chi connectivity index (χ0) is 17.2. The third-order valence-corrected chi connectivity index (χ3v) is 4.50. The fraction of sp³-hybridized carbons (Fsp3) is 0.0526. The molecular weight excluding hydrogens is 332 g/mol. The highest BCUT2D eigenvalue weighted by Gasteiger charge is 2.13. The van der Waals surface area contributed by atoms with Crippen LogP contribution in [0.5, 0.6) is 0 Å². The molecule has 0 saturated carbocycles. The lowest BCUT2D eigenvalue weighted by Gasteiger charge is -2.08. The number of pyridine rings is 2. The van der Waals surface area contributed by atoms with E-state index in [2.05, 4.69) is 15.3 Å². The summed E-state index contributed by atoms with van der Waals surface area (Å²) in [4.78, 5) is 25.7. The normalized spacial score (nSPS) is 10.8. The number of thiazole rings is 1. The zero-order valence-corrected chi connectivity index (χ0v) is 14.2. The SMILES string of the molecule is Cc1cc(-c2ccc3cccc(C(=O)Nc4nccs4)c3n2)ccn1. The number of benzene rings is 1. The minimum absolute atomic E-state index is 0.212. The second kappa shape index (κ2) is 6.41. The average molecular weight is 346 g/mol. The van der Waals surface area contributed by atoms with Crippen LogP contribution in [-0.2, 0) is 0 Å². The molecule has 0 unspecified atom stereocenters. The van der Waals surface area contributed by atoms with E-state index in [0.717, 1.165) is 22.3 Å². The van der Waals surface area contributed by atoms with Gasteiger partial charge in [-0.2, -0.15) is 0 Å². The molecule has 4 aromatic rings. The van der Waals surface area contributed by atoms with E-state index in [1.807, 2.05) is 48.7 Å². The van der Waals surface area contributed by atoms with E-state index >= 15 is 0 Å². The third-order valence-electron chi connectivity index (χ3n) is 3.81. The summed E-state index contributed by atoms with van der Waals surface area (Å²) in [5, 5.41) is 6.13. The van der Waals surface area contributed by atoms with E-state index in [1.165, 1.54) is 11.3 Å². The van der Waals surface area contributed by atoms with Crippen molar-refractivity contribution in [3.05, 3.63) is 71.5 Å². The molecule has 0 aliphatic heterocycles. The number of aryl methyl sites for hydroxylation is 1. The van der Waals surface area contributed by atoms with Crippen LogP contribution in [0.4, 0.5) is 5.13 Å². The molecule has 25 heavy (non-hydrogen) atoms. The van der Waals surface area contributed by atoms with E-state index in [0.29, 0.717) is 16.2 Å². The lowest BCUT2D eigenvalue weighted by Crippen LogP contribution is -2.12. The van der Waals surface area contributed by atoms with Crippen LogP contribution < -0.4 is 5.32 Å². The predicted molar refractivity (Wildman–Crippen MR) is 99.8 cm³/mol. The Bertz CT molecular complexity index is 1060. The highest BCUT2D eigenvalue weighted by molar-refractivity contribution is 7.13. The summed E-state index contributed by atoms with van der Waals surface area (Å²) < 4.78 is 0. The van der Waals surface area contributed by atoms with Crippen LogP contribution in [-0.4, -0.2) is 20.9 Å². The van der Waals surface area contributed by atoms with Gasteiger partial charge in [-0.05, 0) is 31.2 Å². The van der Waals surface area contributed by atoms with Gasteiger partial charge in [0.2, 0.25) is 0 Å². The number of aromatic nitrogens is 3. The first kappa shape index (κ1) is 15.4. The molecule has 1 N–H and O–H groups in total. The Morgan fingerprint density at radius 1 is 1.08 bits per heavy atom. The van der Waals surface area contributed by atoms with Crippen molar-refractivity contribution in [3.63, 3.8) is 0 Å². The molecular formula is C19H14N4OS. The van der Waals surface area contributed by atoms with Gasteiger partial charge in [0, 0.05) is 34.4 Å². The fourth-order valence-electron chi connectivity index (χ4n) is 2.65. The fourth-order valence-corrected chi connectivity index (χ4v) is 3.17. The quantitative estimate of drug-likeness (QED) is 0.600. The van der Waals surface area contributed by atoms with E-state index in [-0.39, 0.29) is 5.91 Å². The van der Waals surface area contributed by atoms with Gasteiger partial charge in [0.25, 0.3) is 5.91 Å². The van der Waals surface area contributed by atoms with Gasteiger partial charge >= 0.3 is 0 Å². The number of nitrogens with zero attached hydrogens (tertiary/aromatic N) is 3. The summed E-state index contributed by atoms with van der Waals surface area (Å²) in [7, 11) is 0. The maximum Gasteiger partial charge on any atom is 0.259 e. The lowest BCUT2D eigenvalue weighted by molar-refractivity contribution is 0.102. The number of para-hydroxylation sites is 1. The first-order valence-electron chi connectivity index (χ1n) is 7.74. The molecule has 5 nitrogen and oxygen atoms in total. The molecule has 1 amide bonds. The van der Waals surface area contributed by atoms with E-state index in [4.69, 9.17) is 4.98 Å². The highest BCUT2D eigenvalue weighted by Crippen LogP contribution is 2.24. The molecule has 6 heteroatoms. The molecule has 0 spiro atoms. The molecule has 1 aromatic carbocycles. The van der Waals surface area contributed by atoms with Crippen LogP contribution in [0.2, 0.25) is 0 Å². The maximum absolute atomic E-state index is 12.6. The van der Waals surface area contributed by atoms with Gasteiger partial charge in [0.1, 0.15) is 0 Å². The monoisotopic (exact) mass is 346 g/mol. The largest absolute Gasteiger partial charge is 0.298 e. The van der Waals surface area contributed by atoms with Crippen LogP contribution in [0.15, 0.2) is 60.2 Å². The Morgan fingerprint density at radius 2 is 2.00 bits per heavy atom. The Kier molecular flexibility index (Phi) is 3.95. The minimum Gasteiger partial charge on any atom is -0.298 e. The van der Waals surface area contributed by atoms with Crippen molar-refractivity contribution in [2.75, 3.05) is 5.32 Å². The predicted octanol–water partition coefficient (Wildman–Crippen LogP) is 4.31. The minimum atomic E-state index is -0.212. The van der Waals surface area contributed by atoms with Crippen LogP contribution >= 0.6 is 11.3 Å². The van der Waals surface area contributed by atoms with Gasteiger partial charge in [0.05, 0.1) is 16.8 Å². The summed E-state index contributed by atoms with van der Waals surface area (Å²) in [5.41, 5.74) is 3.91. The number of carbonyl (C=O) groups excluding carboxylic acids is 1. The number of amides is 1. The smallest absolute Gasteiger partial charge is 0.259 e. The Morgan fingerprint density at radius 3 is 2.80 bits per heavy atom. The zero-order valence-electron chi connectivity index (χ0n) is 13.4. The summed E-state index contributed by atoms with van der Waals surface area (Å²) >= 11 is 1.38. The lowest BCUT2D eigenvalue weighted by atomic mass is 10.1. The summed E-state index contributed by atoms with van der Waals surface area (Å²) in [6, 6.07) is 13.4. The number of fused-ring (bicyclic) bond motifs is 1. The molecule has 4 rings (SSSR count). The average Bonchev–Trinajstić information content (AvgIpc) is 3.13. The maximum atomic E-state index is 12.6. The van der Waals surface area contributed by atoms with Crippen molar-refractivity contribution < 1.29 is 4.79 Å². The Balaban J connectivity index is 1.79. The number of nitrogens with one attached hydrogen (secondary N) is 1. The van der Waals surface area contributed by atoms with E-state index in [1.54, 1.807) is 18.5 Å². The number of hydrogen-bond donors (Lipinski definition) is 1. The Labute approximate surface area is 148 Å². The molecule has 3 aromatic heterocycles. The van der Waals surface area contributed by atoms with Crippen LogP contribution in [0.25, 0.3) is 22.2 Å². The van der Waals surface area contributed by atoms with Crippen LogP contribution in [0.3, 0.4) is 0 Å². The molecule has 0 aliphatic rings. The Hall–Kier alpha value is -3.12. The van der Waals surface area contributed by atoms with E-state index in [9.17, 15) is 4.79 Å². The molecule has 122 valence electrons. The van der Waals surface area contributed by atoms with Gasteiger partial charge in [0.15, 0.2) is 5.13 Å². The molecule has 0 fully saturated rings. The second-order valence-corrected chi connectivity index (χ2v) is 6.45. The standard InChI is InChI=1S/C19H14N4OS/c1-12-11-14(7-8-20-12)16-6-5-13-3-2-4-15(17(13)22-16)18(24)23-19-21-9-10-25-19/h2-11H,1H3,(H,21,23,24). The van der Waals surface area contributed by atoms with Crippen LogP contribution in [0.1, 0.15) is 16.1 Å². The first-order chi connectivity index (χ1) is 12.2. The topological polar surface area (TPSA) is 67.8 Å².